The summed E-state index contributed by atoms with van der Waals surface area (Å²) in [6.07, 6.45) is 0. The summed E-state index contributed by atoms with van der Waals surface area (Å²) in [7, 11) is 0. The third-order valence-corrected chi connectivity index (χ3v) is 3.96. The predicted octanol–water partition coefficient (Wildman–Crippen LogP) is 4.24. The SMILES string of the molecule is O=C(Oc1ccccc1)C1c2ccccc2Oc2cc(O)ccc21. The summed E-state index contributed by atoms with van der Waals surface area (Å²) in [5, 5.41) is 9.70. The summed E-state index contributed by atoms with van der Waals surface area (Å²) >= 11 is 0. The topological polar surface area (TPSA) is 55.8 Å². The van der Waals surface area contributed by atoms with Crippen LogP contribution in [0.5, 0.6) is 23.0 Å². The van der Waals surface area contributed by atoms with E-state index in [9.17, 15) is 9.90 Å². The number of ether oxygens (including phenoxy) is 2. The molecular weight excluding hydrogens is 304 g/mol. The van der Waals surface area contributed by atoms with Crippen molar-refractivity contribution in [1.29, 1.82) is 0 Å². The van der Waals surface area contributed by atoms with E-state index in [0.717, 1.165) is 5.56 Å². The van der Waals surface area contributed by atoms with E-state index in [1.807, 2.05) is 36.4 Å². The van der Waals surface area contributed by atoms with Crippen molar-refractivity contribution < 1.29 is 19.4 Å². The highest BCUT2D eigenvalue weighted by Gasteiger charge is 2.34. The summed E-state index contributed by atoms with van der Waals surface area (Å²) in [5.74, 6) is 0.638. The summed E-state index contributed by atoms with van der Waals surface area (Å²) < 4.78 is 11.4. The van der Waals surface area contributed by atoms with Crippen LogP contribution in [0.15, 0.2) is 72.8 Å². The molecule has 0 amide bonds. The number of benzene rings is 3. The van der Waals surface area contributed by atoms with Crippen molar-refractivity contribution >= 4 is 5.97 Å². The Hall–Kier alpha value is -3.27. The highest BCUT2D eigenvalue weighted by Crippen LogP contribution is 2.45. The van der Waals surface area contributed by atoms with Gasteiger partial charge in [0.15, 0.2) is 0 Å². The zero-order valence-corrected chi connectivity index (χ0v) is 12.7. The summed E-state index contributed by atoms with van der Waals surface area (Å²) in [4.78, 5) is 12.8. The lowest BCUT2D eigenvalue weighted by Gasteiger charge is -2.26. The van der Waals surface area contributed by atoms with E-state index in [1.165, 1.54) is 6.07 Å². The first-order valence-electron chi connectivity index (χ1n) is 7.59. The van der Waals surface area contributed by atoms with Crippen molar-refractivity contribution in [2.75, 3.05) is 0 Å². The van der Waals surface area contributed by atoms with Crippen LogP contribution in [0.2, 0.25) is 0 Å². The fraction of sp³-hybridized carbons (Fsp3) is 0.0500. The largest absolute Gasteiger partial charge is 0.508 e. The van der Waals surface area contributed by atoms with Gasteiger partial charge in [-0.2, -0.15) is 0 Å². The Balaban J connectivity index is 1.78. The number of aromatic hydroxyl groups is 1. The molecule has 0 aliphatic carbocycles. The maximum Gasteiger partial charge on any atom is 0.323 e. The van der Waals surface area contributed by atoms with Crippen LogP contribution in [0.4, 0.5) is 0 Å². The van der Waals surface area contributed by atoms with Crippen molar-refractivity contribution in [1.82, 2.24) is 0 Å². The molecular formula is C20H14O4. The smallest absolute Gasteiger partial charge is 0.323 e. The highest BCUT2D eigenvalue weighted by atomic mass is 16.5. The zero-order chi connectivity index (χ0) is 16.5. The first-order valence-corrected chi connectivity index (χ1v) is 7.59. The number of carbonyl (C=O) groups is 1. The molecule has 4 heteroatoms. The number of phenols is 1. The molecule has 0 fully saturated rings. The van der Waals surface area contributed by atoms with Crippen LogP contribution in [0.25, 0.3) is 0 Å². The summed E-state index contributed by atoms with van der Waals surface area (Å²) in [5.41, 5.74) is 1.42. The van der Waals surface area contributed by atoms with E-state index in [1.54, 1.807) is 30.3 Å². The minimum Gasteiger partial charge on any atom is -0.508 e. The van der Waals surface area contributed by atoms with Crippen LogP contribution >= 0.6 is 0 Å². The lowest BCUT2D eigenvalue weighted by Crippen LogP contribution is -2.23. The van der Waals surface area contributed by atoms with E-state index in [2.05, 4.69) is 0 Å². The highest BCUT2D eigenvalue weighted by molar-refractivity contribution is 5.87. The molecule has 1 unspecified atom stereocenters. The molecule has 3 aromatic carbocycles. The molecule has 1 heterocycles. The van der Waals surface area contributed by atoms with Gasteiger partial charge in [0, 0.05) is 17.2 Å². The Morgan fingerprint density at radius 3 is 2.42 bits per heavy atom. The third-order valence-electron chi connectivity index (χ3n) is 3.96. The Labute approximate surface area is 138 Å². The molecule has 4 rings (SSSR count). The average molecular weight is 318 g/mol. The number of carbonyl (C=O) groups excluding carboxylic acids is 1. The second-order valence-corrected chi connectivity index (χ2v) is 5.53. The fourth-order valence-corrected chi connectivity index (χ4v) is 2.87. The Morgan fingerprint density at radius 2 is 1.58 bits per heavy atom. The van der Waals surface area contributed by atoms with Crippen molar-refractivity contribution in [2.24, 2.45) is 0 Å². The molecule has 118 valence electrons. The van der Waals surface area contributed by atoms with Crippen molar-refractivity contribution in [3.8, 4) is 23.0 Å². The lowest BCUT2D eigenvalue weighted by molar-refractivity contribution is -0.135. The van der Waals surface area contributed by atoms with Gasteiger partial charge in [0.2, 0.25) is 0 Å². The number of hydrogen-bond acceptors (Lipinski definition) is 4. The van der Waals surface area contributed by atoms with Gasteiger partial charge in [-0.15, -0.1) is 0 Å². The zero-order valence-electron chi connectivity index (χ0n) is 12.7. The summed E-state index contributed by atoms with van der Waals surface area (Å²) in [6, 6.07) is 21.0. The van der Waals surface area contributed by atoms with Crippen LogP contribution in [-0.2, 0) is 4.79 Å². The normalized spacial score (nSPS) is 14.9. The number of para-hydroxylation sites is 2. The van der Waals surface area contributed by atoms with E-state index >= 15 is 0 Å². The Bertz CT molecular complexity index is 903. The van der Waals surface area contributed by atoms with Gasteiger partial charge >= 0.3 is 5.97 Å². The van der Waals surface area contributed by atoms with Gasteiger partial charge < -0.3 is 14.6 Å². The second-order valence-electron chi connectivity index (χ2n) is 5.53. The molecule has 0 aromatic heterocycles. The molecule has 3 aromatic rings. The first kappa shape index (κ1) is 14.3. The fourth-order valence-electron chi connectivity index (χ4n) is 2.87. The van der Waals surface area contributed by atoms with Crippen LogP contribution in [0, 0.1) is 0 Å². The molecule has 0 bridgehead atoms. The van der Waals surface area contributed by atoms with E-state index in [-0.39, 0.29) is 11.7 Å². The Kier molecular flexibility index (Phi) is 3.43. The van der Waals surface area contributed by atoms with Gasteiger partial charge in [-0.25, -0.2) is 0 Å². The number of rotatable bonds is 2. The first-order chi connectivity index (χ1) is 11.7. The molecule has 0 spiro atoms. The van der Waals surface area contributed by atoms with Gasteiger partial charge in [-0.3, -0.25) is 4.79 Å². The Morgan fingerprint density at radius 1 is 0.875 bits per heavy atom. The maximum absolute atomic E-state index is 12.8. The molecule has 24 heavy (non-hydrogen) atoms. The number of esters is 1. The predicted molar refractivity (Wildman–Crippen MR) is 88.5 cm³/mol. The van der Waals surface area contributed by atoms with Crippen LogP contribution in [0.3, 0.4) is 0 Å². The number of fused-ring (bicyclic) bond motifs is 2. The van der Waals surface area contributed by atoms with E-state index < -0.39 is 5.92 Å². The molecule has 1 atom stereocenters. The van der Waals surface area contributed by atoms with E-state index in [4.69, 9.17) is 9.47 Å². The molecule has 1 aliphatic heterocycles. The average Bonchev–Trinajstić information content (AvgIpc) is 2.60. The minimum absolute atomic E-state index is 0.0864. The standard InChI is InChI=1S/C20H14O4/c21-13-10-11-16-18(12-13)24-17-9-5-4-8-15(17)19(16)20(22)23-14-6-2-1-3-7-14/h1-12,19,21H. The van der Waals surface area contributed by atoms with Crippen LogP contribution in [0.1, 0.15) is 17.0 Å². The molecule has 0 saturated carbocycles. The molecule has 0 radical (unpaired) electrons. The summed E-state index contributed by atoms with van der Waals surface area (Å²) in [6.45, 7) is 0. The molecule has 4 nitrogen and oxygen atoms in total. The third kappa shape index (κ3) is 2.48. The van der Waals surface area contributed by atoms with Gasteiger partial charge in [-0.1, -0.05) is 42.5 Å². The second kappa shape index (κ2) is 5.74. The van der Waals surface area contributed by atoms with Gasteiger partial charge in [0.05, 0.1) is 0 Å². The lowest BCUT2D eigenvalue weighted by atomic mass is 9.88. The number of hydrogen-bond donors (Lipinski definition) is 1. The van der Waals surface area contributed by atoms with Crippen molar-refractivity contribution in [3.63, 3.8) is 0 Å². The quantitative estimate of drug-likeness (QED) is 0.567. The van der Waals surface area contributed by atoms with Gasteiger partial charge in [-0.05, 0) is 24.3 Å². The van der Waals surface area contributed by atoms with Gasteiger partial charge in [0.1, 0.15) is 28.9 Å². The molecule has 1 aliphatic rings. The monoisotopic (exact) mass is 318 g/mol. The van der Waals surface area contributed by atoms with E-state index in [0.29, 0.717) is 22.8 Å². The van der Waals surface area contributed by atoms with Gasteiger partial charge in [0.25, 0.3) is 0 Å². The molecule has 1 N–H and O–H groups in total. The van der Waals surface area contributed by atoms with Crippen molar-refractivity contribution in [2.45, 2.75) is 5.92 Å². The molecule has 0 saturated heterocycles. The number of phenolic OH excluding ortho intramolecular Hbond substituents is 1. The van der Waals surface area contributed by atoms with Crippen LogP contribution < -0.4 is 9.47 Å². The maximum atomic E-state index is 12.8. The van der Waals surface area contributed by atoms with Crippen LogP contribution in [-0.4, -0.2) is 11.1 Å². The minimum atomic E-state index is -0.606. The van der Waals surface area contributed by atoms with Crippen molar-refractivity contribution in [3.05, 3.63) is 83.9 Å².